The minimum Gasteiger partial charge on any atom is -0.398 e. The highest BCUT2D eigenvalue weighted by molar-refractivity contribution is 7.91. The summed E-state index contributed by atoms with van der Waals surface area (Å²) in [6.45, 7) is 6.54. The van der Waals surface area contributed by atoms with Gasteiger partial charge >= 0.3 is 0 Å². The Kier molecular flexibility index (Phi) is 5.98. The van der Waals surface area contributed by atoms with Gasteiger partial charge in [-0.15, -0.1) is 23.2 Å². The standard InChI is InChI=1S/C18H20Cl4N2O2S/c1-17(2,21)13-11(7-5-9(23)15(13)19)27(25,26)12-8-6-10(24)16(20)14(12)18(3,4)22/h5-8H,23-24H2,1-4H3. The molecule has 0 aliphatic carbocycles. The van der Waals surface area contributed by atoms with E-state index in [1.165, 1.54) is 24.3 Å². The monoisotopic (exact) mass is 468 g/mol. The maximum absolute atomic E-state index is 13.6. The van der Waals surface area contributed by atoms with Crippen LogP contribution in [0.3, 0.4) is 0 Å². The Morgan fingerprint density at radius 3 is 1.30 bits per heavy atom. The maximum Gasteiger partial charge on any atom is 0.207 e. The molecule has 2 aromatic rings. The molecule has 0 fully saturated rings. The summed E-state index contributed by atoms with van der Waals surface area (Å²) < 4.78 is 27.2. The lowest BCUT2D eigenvalue weighted by Crippen LogP contribution is -2.20. The molecule has 0 spiro atoms. The third-order valence-corrected chi connectivity index (χ3v) is 7.07. The molecule has 4 N–H and O–H groups in total. The number of rotatable bonds is 4. The van der Waals surface area contributed by atoms with E-state index < -0.39 is 19.6 Å². The van der Waals surface area contributed by atoms with Crippen molar-refractivity contribution in [3.05, 3.63) is 45.4 Å². The van der Waals surface area contributed by atoms with E-state index in [0.717, 1.165) is 0 Å². The molecule has 0 aromatic heterocycles. The van der Waals surface area contributed by atoms with Gasteiger partial charge in [-0.25, -0.2) is 8.42 Å². The number of hydrogen-bond acceptors (Lipinski definition) is 4. The van der Waals surface area contributed by atoms with Crippen molar-refractivity contribution >= 4 is 67.6 Å². The number of nitrogen functional groups attached to an aromatic ring is 2. The highest BCUT2D eigenvalue weighted by atomic mass is 35.5. The quantitative estimate of drug-likeness (QED) is 0.428. The summed E-state index contributed by atoms with van der Waals surface area (Å²) in [5, 5.41) is 0.175. The van der Waals surface area contributed by atoms with Gasteiger partial charge in [-0.1, -0.05) is 23.2 Å². The molecule has 0 amide bonds. The number of benzene rings is 2. The maximum atomic E-state index is 13.6. The molecule has 2 rings (SSSR count). The fourth-order valence-corrected chi connectivity index (χ4v) is 6.32. The summed E-state index contributed by atoms with van der Waals surface area (Å²) >= 11 is 25.5. The number of halogens is 4. The molecule has 0 atom stereocenters. The second-order valence-electron chi connectivity index (χ2n) is 7.13. The van der Waals surface area contributed by atoms with E-state index in [0.29, 0.717) is 0 Å². The Morgan fingerprint density at radius 1 is 0.741 bits per heavy atom. The largest absolute Gasteiger partial charge is 0.398 e. The second kappa shape index (κ2) is 7.20. The van der Waals surface area contributed by atoms with Crippen molar-refractivity contribution in [2.24, 2.45) is 0 Å². The molecule has 27 heavy (non-hydrogen) atoms. The Morgan fingerprint density at radius 2 is 1.04 bits per heavy atom. The van der Waals surface area contributed by atoms with Gasteiger partial charge in [0.15, 0.2) is 0 Å². The van der Waals surface area contributed by atoms with Crippen molar-refractivity contribution in [2.75, 3.05) is 11.5 Å². The molecule has 0 saturated carbocycles. The first-order chi connectivity index (χ1) is 12.1. The smallest absolute Gasteiger partial charge is 0.207 e. The zero-order chi connectivity index (χ0) is 20.9. The van der Waals surface area contributed by atoms with Crippen LogP contribution < -0.4 is 11.5 Å². The van der Waals surface area contributed by atoms with Crippen LogP contribution in [0.15, 0.2) is 34.1 Å². The van der Waals surface area contributed by atoms with E-state index in [1.807, 2.05) is 0 Å². The number of nitrogens with two attached hydrogens (primary N) is 2. The minimum absolute atomic E-state index is 0.0651. The van der Waals surface area contributed by atoms with Gasteiger partial charge in [-0.2, -0.15) is 0 Å². The fraction of sp³-hybridized carbons (Fsp3) is 0.333. The summed E-state index contributed by atoms with van der Waals surface area (Å²) in [5.41, 5.74) is 12.6. The summed E-state index contributed by atoms with van der Waals surface area (Å²) in [4.78, 5) is -2.32. The van der Waals surface area contributed by atoms with Crippen molar-refractivity contribution in [2.45, 2.75) is 47.2 Å². The van der Waals surface area contributed by atoms with Crippen molar-refractivity contribution in [3.8, 4) is 0 Å². The Bertz CT molecular complexity index is 932. The van der Waals surface area contributed by atoms with Crippen molar-refractivity contribution < 1.29 is 8.42 Å². The van der Waals surface area contributed by atoms with Crippen LogP contribution in [0, 0.1) is 0 Å². The molecule has 0 aliphatic heterocycles. The zero-order valence-corrected chi connectivity index (χ0v) is 19.0. The van der Waals surface area contributed by atoms with Crippen LogP contribution in [-0.2, 0) is 19.6 Å². The molecule has 4 nitrogen and oxygen atoms in total. The first kappa shape index (κ1) is 22.4. The molecule has 0 heterocycles. The van der Waals surface area contributed by atoms with Gasteiger partial charge in [0.1, 0.15) is 0 Å². The third kappa shape index (κ3) is 4.13. The van der Waals surface area contributed by atoms with Crippen LogP contribution in [0.5, 0.6) is 0 Å². The van der Waals surface area contributed by atoms with Gasteiger partial charge in [0, 0.05) is 11.1 Å². The van der Waals surface area contributed by atoms with Gasteiger partial charge in [0.25, 0.3) is 0 Å². The van der Waals surface area contributed by atoms with Crippen molar-refractivity contribution in [3.63, 3.8) is 0 Å². The normalized spacial score (nSPS) is 13.0. The topological polar surface area (TPSA) is 86.2 Å². The lowest BCUT2D eigenvalue weighted by atomic mass is 10.0. The number of alkyl halides is 2. The molecule has 0 aliphatic rings. The summed E-state index contributed by atoms with van der Waals surface area (Å²) in [6.07, 6.45) is 0. The first-order valence-corrected chi connectivity index (χ1v) is 10.9. The van der Waals surface area contributed by atoms with E-state index in [4.69, 9.17) is 57.9 Å². The summed E-state index contributed by atoms with van der Waals surface area (Å²) in [7, 11) is -4.09. The Balaban J connectivity index is 2.96. The van der Waals surface area contributed by atoms with E-state index >= 15 is 0 Å². The van der Waals surface area contributed by atoms with E-state index in [9.17, 15) is 8.42 Å². The average molecular weight is 470 g/mol. The number of hydrogen-bond donors (Lipinski definition) is 2. The van der Waals surface area contributed by atoms with Crippen LogP contribution >= 0.6 is 46.4 Å². The molecule has 0 unspecified atom stereocenters. The highest BCUT2D eigenvalue weighted by Gasteiger charge is 2.36. The van der Waals surface area contributed by atoms with Gasteiger partial charge in [-0.05, 0) is 52.0 Å². The molecule has 0 radical (unpaired) electrons. The lowest BCUT2D eigenvalue weighted by molar-refractivity contribution is 0.588. The van der Waals surface area contributed by atoms with Crippen LogP contribution in [0.2, 0.25) is 10.0 Å². The molecular formula is C18H20Cl4N2O2S. The predicted molar refractivity (Wildman–Crippen MR) is 115 cm³/mol. The summed E-state index contributed by atoms with van der Waals surface area (Å²) in [6, 6.07) is 5.61. The molecule has 9 heteroatoms. The zero-order valence-electron chi connectivity index (χ0n) is 15.2. The fourth-order valence-electron chi connectivity index (χ4n) is 2.82. The van der Waals surface area contributed by atoms with Crippen LogP contribution in [0.25, 0.3) is 0 Å². The second-order valence-corrected chi connectivity index (χ2v) is 11.7. The summed E-state index contributed by atoms with van der Waals surface area (Å²) in [5.74, 6) is 0. The minimum atomic E-state index is -4.09. The van der Waals surface area contributed by atoms with Gasteiger partial charge < -0.3 is 11.5 Å². The average Bonchev–Trinajstić information content (AvgIpc) is 2.49. The molecule has 2 aromatic carbocycles. The Hall–Kier alpha value is -0.850. The number of anilines is 2. The van der Waals surface area contributed by atoms with Crippen molar-refractivity contribution in [1.29, 1.82) is 0 Å². The van der Waals surface area contributed by atoms with E-state index in [2.05, 4.69) is 0 Å². The highest BCUT2D eigenvalue weighted by Crippen LogP contribution is 2.46. The van der Waals surface area contributed by atoms with Gasteiger partial charge in [0.05, 0.1) is 41.0 Å². The third-order valence-electron chi connectivity index (χ3n) is 4.04. The Labute approximate surface area is 179 Å². The molecular weight excluding hydrogens is 450 g/mol. The van der Waals surface area contributed by atoms with Crippen molar-refractivity contribution in [1.82, 2.24) is 0 Å². The van der Waals surface area contributed by atoms with Gasteiger partial charge in [0.2, 0.25) is 9.84 Å². The number of sulfone groups is 1. The van der Waals surface area contributed by atoms with Crippen LogP contribution in [-0.4, -0.2) is 8.42 Å². The SMILES string of the molecule is CC(C)(Cl)c1c(S(=O)(=O)c2ccc(N)c(Cl)c2C(C)(C)Cl)ccc(N)c1Cl. The lowest BCUT2D eigenvalue weighted by Gasteiger charge is -2.26. The first-order valence-electron chi connectivity index (χ1n) is 7.90. The molecule has 0 bridgehead atoms. The predicted octanol–water partition coefficient (Wildman–Crippen LogP) is 5.94. The van der Waals surface area contributed by atoms with Gasteiger partial charge in [-0.3, -0.25) is 0 Å². The van der Waals surface area contributed by atoms with E-state index in [-0.39, 0.29) is 42.3 Å². The molecule has 0 saturated heterocycles. The van der Waals surface area contributed by atoms with Crippen LogP contribution in [0.1, 0.15) is 38.8 Å². The van der Waals surface area contributed by atoms with E-state index in [1.54, 1.807) is 27.7 Å². The molecule has 148 valence electrons. The van der Waals surface area contributed by atoms with Crippen LogP contribution in [0.4, 0.5) is 11.4 Å².